The summed E-state index contributed by atoms with van der Waals surface area (Å²) in [6, 6.07) is 9.55. The maximum absolute atomic E-state index is 9.33. The normalized spacial score (nSPS) is 14.3. The van der Waals surface area contributed by atoms with E-state index in [0.29, 0.717) is 6.42 Å². The van der Waals surface area contributed by atoms with Crippen molar-refractivity contribution in [1.29, 1.82) is 0 Å². The van der Waals surface area contributed by atoms with Crippen molar-refractivity contribution < 1.29 is 22.6 Å². The van der Waals surface area contributed by atoms with Gasteiger partial charge in [-0.05, 0) is 12.0 Å². The Bertz CT molecular complexity index is 417. The minimum absolute atomic E-state index is 0.188. The monoisotopic (exact) mass is 297 g/mol. The maximum atomic E-state index is 9.33. The summed E-state index contributed by atoms with van der Waals surface area (Å²) in [4.78, 5) is 0. The standard InChI is InChI=1S/C10H14ClNO.H2O4S/c11-7-10(13)9(12)6-8-4-2-1-3-5-8;1-5(2,3)4/h1-5,9-10,13H,6-7,12H2;(H2,1,2,3,4). The number of nitrogens with two attached hydrogens (primary N) is 1. The quantitative estimate of drug-likeness (QED) is 0.474. The van der Waals surface area contributed by atoms with Crippen LogP contribution in [0.5, 0.6) is 0 Å². The molecule has 2 unspecified atom stereocenters. The van der Waals surface area contributed by atoms with Crippen molar-refractivity contribution >= 4 is 22.0 Å². The molecule has 8 heteroatoms. The van der Waals surface area contributed by atoms with Gasteiger partial charge in [0.1, 0.15) is 0 Å². The van der Waals surface area contributed by atoms with Crippen LogP contribution in [0.3, 0.4) is 0 Å². The van der Waals surface area contributed by atoms with Gasteiger partial charge in [-0.15, -0.1) is 11.6 Å². The van der Waals surface area contributed by atoms with Crippen molar-refractivity contribution in [3.63, 3.8) is 0 Å². The summed E-state index contributed by atoms with van der Waals surface area (Å²) in [5, 5.41) is 9.33. The predicted molar refractivity (Wildman–Crippen MR) is 69.0 cm³/mol. The number of hydrogen-bond acceptors (Lipinski definition) is 4. The van der Waals surface area contributed by atoms with Crippen molar-refractivity contribution in [3.05, 3.63) is 35.9 Å². The summed E-state index contributed by atoms with van der Waals surface area (Å²) < 4.78 is 31.6. The van der Waals surface area contributed by atoms with Crippen molar-refractivity contribution in [3.8, 4) is 0 Å². The van der Waals surface area contributed by atoms with E-state index in [1.54, 1.807) is 0 Å². The molecule has 0 fully saturated rings. The number of alkyl halides is 1. The minimum atomic E-state index is -4.67. The lowest BCUT2D eigenvalue weighted by molar-refractivity contribution is 0.166. The summed E-state index contributed by atoms with van der Waals surface area (Å²) in [5.41, 5.74) is 6.85. The largest absolute Gasteiger partial charge is 0.394 e. The first-order valence-corrected chi connectivity index (χ1v) is 6.90. The molecule has 6 nitrogen and oxygen atoms in total. The van der Waals surface area contributed by atoms with Crippen LogP contribution in [0.15, 0.2) is 30.3 Å². The molecule has 18 heavy (non-hydrogen) atoms. The summed E-state index contributed by atoms with van der Waals surface area (Å²) in [5.74, 6) is 0.188. The molecule has 1 aromatic rings. The highest BCUT2D eigenvalue weighted by molar-refractivity contribution is 7.79. The van der Waals surface area contributed by atoms with Crippen LogP contribution in [-0.4, -0.2) is 40.7 Å². The van der Waals surface area contributed by atoms with Crippen LogP contribution in [0.2, 0.25) is 0 Å². The first kappa shape index (κ1) is 17.3. The van der Waals surface area contributed by atoms with Crippen molar-refractivity contribution in [2.45, 2.75) is 18.6 Å². The molecule has 2 atom stereocenters. The Kier molecular flexibility index (Phi) is 8.08. The summed E-state index contributed by atoms with van der Waals surface area (Å²) >= 11 is 5.48. The van der Waals surface area contributed by atoms with Gasteiger partial charge in [0.2, 0.25) is 0 Å². The highest BCUT2D eigenvalue weighted by atomic mass is 35.5. The second-order valence-corrected chi connectivity index (χ2v) is 4.73. The molecule has 0 aliphatic rings. The van der Waals surface area contributed by atoms with Crippen LogP contribution >= 0.6 is 11.6 Å². The van der Waals surface area contributed by atoms with Crippen molar-refractivity contribution in [2.75, 3.05) is 5.88 Å². The Hall–Kier alpha value is -0.700. The fourth-order valence-electron chi connectivity index (χ4n) is 1.14. The number of halogens is 1. The number of benzene rings is 1. The van der Waals surface area contributed by atoms with Crippen LogP contribution in [-0.2, 0) is 16.8 Å². The number of hydrogen-bond donors (Lipinski definition) is 4. The molecule has 1 aromatic carbocycles. The molecule has 0 aromatic heterocycles. The molecule has 0 amide bonds. The first-order chi connectivity index (χ1) is 8.24. The molecule has 0 heterocycles. The molecule has 0 bridgehead atoms. The van der Waals surface area contributed by atoms with E-state index >= 15 is 0 Å². The average Bonchev–Trinajstić information content (AvgIpc) is 2.27. The summed E-state index contributed by atoms with van der Waals surface area (Å²) in [6.07, 6.45) is 0.0382. The zero-order valence-electron chi connectivity index (χ0n) is 9.48. The zero-order chi connectivity index (χ0) is 14.2. The van der Waals surface area contributed by atoms with E-state index in [1.807, 2.05) is 30.3 Å². The van der Waals surface area contributed by atoms with E-state index < -0.39 is 16.5 Å². The average molecular weight is 298 g/mol. The Morgan fingerprint density at radius 3 is 2.06 bits per heavy atom. The molecule has 0 saturated carbocycles. The van der Waals surface area contributed by atoms with Gasteiger partial charge in [0, 0.05) is 11.9 Å². The fourth-order valence-corrected chi connectivity index (χ4v) is 1.37. The molecule has 5 N–H and O–H groups in total. The molecule has 0 spiro atoms. The Morgan fingerprint density at radius 2 is 1.67 bits per heavy atom. The summed E-state index contributed by atoms with van der Waals surface area (Å²) in [6.45, 7) is 0. The molecule has 104 valence electrons. The Labute approximate surface area is 111 Å². The van der Waals surface area contributed by atoms with Gasteiger partial charge in [-0.25, -0.2) is 0 Å². The lowest BCUT2D eigenvalue weighted by Gasteiger charge is -2.15. The van der Waals surface area contributed by atoms with E-state index in [4.69, 9.17) is 34.9 Å². The van der Waals surface area contributed by atoms with Crippen LogP contribution < -0.4 is 5.73 Å². The number of aliphatic hydroxyl groups excluding tert-OH is 1. The zero-order valence-corrected chi connectivity index (χ0v) is 11.0. The molecule has 0 aliphatic heterocycles. The van der Waals surface area contributed by atoms with Crippen LogP contribution in [0, 0.1) is 0 Å². The highest BCUT2D eigenvalue weighted by Crippen LogP contribution is 2.05. The van der Waals surface area contributed by atoms with Gasteiger partial charge in [-0.2, -0.15) is 8.42 Å². The van der Waals surface area contributed by atoms with Gasteiger partial charge in [0.15, 0.2) is 0 Å². The second kappa shape index (κ2) is 8.41. The molecular formula is C10H16ClNO5S. The van der Waals surface area contributed by atoms with Gasteiger partial charge in [-0.1, -0.05) is 30.3 Å². The van der Waals surface area contributed by atoms with E-state index in [0.717, 1.165) is 5.56 Å². The summed E-state index contributed by atoms with van der Waals surface area (Å²) in [7, 11) is -4.67. The first-order valence-electron chi connectivity index (χ1n) is 4.97. The molecule has 0 radical (unpaired) electrons. The fraction of sp³-hybridized carbons (Fsp3) is 0.400. The van der Waals surface area contributed by atoms with Gasteiger partial charge >= 0.3 is 10.4 Å². The van der Waals surface area contributed by atoms with Crippen LogP contribution in [0.1, 0.15) is 5.56 Å². The SMILES string of the molecule is NC(Cc1ccccc1)C(O)CCl.O=S(=O)(O)O. The number of aliphatic hydroxyl groups is 1. The van der Waals surface area contributed by atoms with Gasteiger partial charge in [0.05, 0.1) is 6.10 Å². The molecule has 1 rings (SSSR count). The van der Waals surface area contributed by atoms with E-state index in [-0.39, 0.29) is 11.9 Å². The minimum Gasteiger partial charge on any atom is -0.390 e. The third-order valence-corrected chi connectivity index (χ3v) is 2.28. The predicted octanol–water partition coefficient (Wildman–Crippen LogP) is 0.503. The number of rotatable bonds is 4. The Balaban J connectivity index is 0.000000494. The molecule has 0 saturated heterocycles. The third-order valence-electron chi connectivity index (χ3n) is 1.97. The lowest BCUT2D eigenvalue weighted by Crippen LogP contribution is -2.37. The third kappa shape index (κ3) is 10.5. The smallest absolute Gasteiger partial charge is 0.390 e. The molecular weight excluding hydrogens is 282 g/mol. The lowest BCUT2D eigenvalue weighted by atomic mass is 10.0. The molecule has 0 aliphatic carbocycles. The Morgan fingerprint density at radius 1 is 1.22 bits per heavy atom. The van der Waals surface area contributed by atoms with E-state index in [9.17, 15) is 5.11 Å². The van der Waals surface area contributed by atoms with Gasteiger partial charge in [-0.3, -0.25) is 9.11 Å². The van der Waals surface area contributed by atoms with E-state index in [2.05, 4.69) is 0 Å². The van der Waals surface area contributed by atoms with Crippen molar-refractivity contribution in [1.82, 2.24) is 0 Å². The van der Waals surface area contributed by atoms with E-state index in [1.165, 1.54) is 0 Å². The van der Waals surface area contributed by atoms with Crippen LogP contribution in [0.25, 0.3) is 0 Å². The maximum Gasteiger partial charge on any atom is 0.394 e. The van der Waals surface area contributed by atoms with Gasteiger partial charge in [0.25, 0.3) is 0 Å². The van der Waals surface area contributed by atoms with Crippen molar-refractivity contribution in [2.24, 2.45) is 5.73 Å². The topological polar surface area (TPSA) is 121 Å². The van der Waals surface area contributed by atoms with Gasteiger partial charge < -0.3 is 10.8 Å². The second-order valence-electron chi connectivity index (χ2n) is 3.52. The highest BCUT2D eigenvalue weighted by Gasteiger charge is 2.13. The van der Waals surface area contributed by atoms with Crippen LogP contribution in [0.4, 0.5) is 0 Å².